The number of para-hydroxylation sites is 1. The molecule has 1 aliphatic heterocycles. The molecule has 0 aliphatic carbocycles. The Kier molecular flexibility index (Phi) is 2.35. The van der Waals surface area contributed by atoms with E-state index in [1.165, 1.54) is 30.6 Å². The number of hydrogen-bond acceptors (Lipinski definition) is 1. The Balaban J connectivity index is 2.37. The molecule has 2 heteroatoms. The normalized spacial score (nSPS) is 15.9. The summed E-state index contributed by atoms with van der Waals surface area (Å²) >= 11 is 3.51. The monoisotopic (exact) mass is 225 g/mol. The lowest BCUT2D eigenvalue weighted by atomic mass is 10.0. The first-order valence-corrected chi connectivity index (χ1v) is 5.43. The quantitative estimate of drug-likeness (QED) is 0.525. The Hall–Kier alpha value is -0.500. The van der Waals surface area contributed by atoms with Crippen molar-refractivity contribution in [2.75, 3.05) is 16.9 Å². The van der Waals surface area contributed by atoms with Gasteiger partial charge in [0.2, 0.25) is 0 Å². The van der Waals surface area contributed by atoms with Crippen LogP contribution in [0.4, 0.5) is 5.69 Å². The van der Waals surface area contributed by atoms with Gasteiger partial charge in [-0.2, -0.15) is 0 Å². The molecule has 0 N–H and O–H groups in total. The Morgan fingerprint density at radius 3 is 3.00 bits per heavy atom. The molecular formula is C10H12BrN. The van der Waals surface area contributed by atoms with Gasteiger partial charge in [0.15, 0.2) is 0 Å². The van der Waals surface area contributed by atoms with Gasteiger partial charge >= 0.3 is 0 Å². The zero-order valence-corrected chi connectivity index (χ0v) is 8.55. The summed E-state index contributed by atoms with van der Waals surface area (Å²) in [6.45, 7) is 1.18. The Morgan fingerprint density at radius 1 is 1.33 bits per heavy atom. The lowest BCUT2D eigenvalue weighted by Gasteiger charge is -2.29. The molecule has 12 heavy (non-hydrogen) atoms. The van der Waals surface area contributed by atoms with Crippen molar-refractivity contribution in [3.05, 3.63) is 29.8 Å². The number of hydrogen-bond donors (Lipinski definition) is 0. The minimum absolute atomic E-state index is 0.948. The molecule has 0 saturated carbocycles. The molecule has 1 heterocycles. The maximum atomic E-state index is 3.51. The molecule has 1 nitrogen and oxygen atoms in total. The van der Waals surface area contributed by atoms with Crippen LogP contribution in [-0.2, 0) is 6.42 Å². The molecule has 0 radical (unpaired) electrons. The predicted octanol–water partition coefficient (Wildman–Crippen LogP) is 2.79. The van der Waals surface area contributed by atoms with E-state index in [2.05, 4.69) is 45.1 Å². The van der Waals surface area contributed by atoms with Crippen molar-refractivity contribution in [1.82, 2.24) is 0 Å². The van der Waals surface area contributed by atoms with E-state index in [0.717, 1.165) is 5.45 Å². The molecule has 1 aromatic rings. The zero-order valence-electron chi connectivity index (χ0n) is 6.96. The smallest absolute Gasteiger partial charge is 0.0736 e. The van der Waals surface area contributed by atoms with Crippen LogP contribution in [-0.4, -0.2) is 12.0 Å². The highest BCUT2D eigenvalue weighted by Crippen LogP contribution is 2.26. The third-order valence-corrected chi connectivity index (χ3v) is 2.96. The van der Waals surface area contributed by atoms with Crippen LogP contribution >= 0.6 is 15.9 Å². The average molecular weight is 226 g/mol. The van der Waals surface area contributed by atoms with Gasteiger partial charge in [-0.3, -0.25) is 0 Å². The van der Waals surface area contributed by atoms with Gasteiger partial charge in [0.05, 0.1) is 5.45 Å². The van der Waals surface area contributed by atoms with Crippen molar-refractivity contribution in [1.29, 1.82) is 0 Å². The van der Waals surface area contributed by atoms with Crippen LogP contribution in [0, 0.1) is 0 Å². The molecule has 0 bridgehead atoms. The second-order valence-electron chi connectivity index (χ2n) is 3.12. The van der Waals surface area contributed by atoms with Crippen LogP contribution in [0.25, 0.3) is 0 Å². The first-order valence-electron chi connectivity index (χ1n) is 4.30. The number of halogens is 1. The lowest BCUT2D eigenvalue weighted by Crippen LogP contribution is -2.27. The van der Waals surface area contributed by atoms with Crippen molar-refractivity contribution in [2.24, 2.45) is 0 Å². The fourth-order valence-corrected chi connectivity index (χ4v) is 2.26. The standard InChI is InChI=1S/C10H12BrN/c11-8-12-7-3-5-9-4-1-2-6-10(9)12/h1-2,4,6H,3,5,7-8H2. The van der Waals surface area contributed by atoms with Gasteiger partial charge in [0.1, 0.15) is 0 Å². The SMILES string of the molecule is BrCN1CCCc2ccccc21. The van der Waals surface area contributed by atoms with Gasteiger partial charge in [0.25, 0.3) is 0 Å². The van der Waals surface area contributed by atoms with Crippen molar-refractivity contribution in [3.63, 3.8) is 0 Å². The lowest BCUT2D eigenvalue weighted by molar-refractivity contribution is 0.739. The maximum Gasteiger partial charge on any atom is 0.0736 e. The number of fused-ring (bicyclic) bond motifs is 1. The van der Waals surface area contributed by atoms with Crippen LogP contribution in [0.5, 0.6) is 0 Å². The summed E-state index contributed by atoms with van der Waals surface area (Å²) in [6.07, 6.45) is 2.52. The summed E-state index contributed by atoms with van der Waals surface area (Å²) in [7, 11) is 0. The number of nitrogens with zero attached hydrogens (tertiary/aromatic N) is 1. The number of anilines is 1. The van der Waals surface area contributed by atoms with Crippen molar-refractivity contribution in [2.45, 2.75) is 12.8 Å². The largest absolute Gasteiger partial charge is 0.361 e. The van der Waals surface area contributed by atoms with Crippen molar-refractivity contribution < 1.29 is 0 Å². The Morgan fingerprint density at radius 2 is 2.17 bits per heavy atom. The van der Waals surface area contributed by atoms with Crippen LogP contribution in [0.2, 0.25) is 0 Å². The second-order valence-corrected chi connectivity index (χ2v) is 3.62. The second kappa shape index (κ2) is 3.48. The van der Waals surface area contributed by atoms with Crippen molar-refractivity contribution in [3.8, 4) is 0 Å². The molecule has 1 aromatic carbocycles. The fraction of sp³-hybridized carbons (Fsp3) is 0.400. The number of rotatable bonds is 1. The summed E-state index contributed by atoms with van der Waals surface area (Å²) < 4.78 is 0. The van der Waals surface area contributed by atoms with E-state index in [9.17, 15) is 0 Å². The Labute approximate surface area is 81.5 Å². The molecule has 0 spiro atoms. The van der Waals surface area contributed by atoms with Crippen LogP contribution in [0.3, 0.4) is 0 Å². The summed E-state index contributed by atoms with van der Waals surface area (Å²) in [5.41, 5.74) is 3.84. The molecule has 0 amide bonds. The van der Waals surface area contributed by atoms with Gasteiger partial charge in [-0.1, -0.05) is 34.1 Å². The summed E-state index contributed by atoms with van der Waals surface area (Å²) in [5.74, 6) is 0. The van der Waals surface area contributed by atoms with Crippen LogP contribution in [0.1, 0.15) is 12.0 Å². The molecule has 0 aromatic heterocycles. The van der Waals surface area contributed by atoms with E-state index in [1.54, 1.807) is 0 Å². The summed E-state index contributed by atoms with van der Waals surface area (Å²) in [5, 5.41) is 0. The minimum atomic E-state index is 0.948. The van der Waals surface area contributed by atoms with Crippen LogP contribution in [0.15, 0.2) is 24.3 Å². The highest BCUT2D eigenvalue weighted by Gasteiger charge is 2.13. The average Bonchev–Trinajstić information content (AvgIpc) is 2.17. The minimum Gasteiger partial charge on any atom is -0.361 e. The van der Waals surface area contributed by atoms with E-state index in [1.807, 2.05) is 0 Å². The fourth-order valence-electron chi connectivity index (χ4n) is 1.74. The van der Waals surface area contributed by atoms with Gasteiger partial charge in [-0.05, 0) is 24.5 Å². The van der Waals surface area contributed by atoms with E-state index in [0.29, 0.717) is 0 Å². The molecule has 0 saturated heterocycles. The molecular weight excluding hydrogens is 214 g/mol. The summed E-state index contributed by atoms with van der Waals surface area (Å²) in [4.78, 5) is 2.37. The van der Waals surface area contributed by atoms with Crippen molar-refractivity contribution >= 4 is 21.6 Å². The molecule has 1 aliphatic rings. The van der Waals surface area contributed by atoms with E-state index >= 15 is 0 Å². The molecule has 0 fully saturated rings. The zero-order chi connectivity index (χ0) is 8.39. The first-order chi connectivity index (χ1) is 5.92. The highest BCUT2D eigenvalue weighted by atomic mass is 79.9. The number of alkyl halides is 1. The maximum absolute atomic E-state index is 3.51. The third-order valence-electron chi connectivity index (χ3n) is 2.35. The molecule has 0 unspecified atom stereocenters. The number of benzene rings is 1. The van der Waals surface area contributed by atoms with Gasteiger partial charge in [-0.25, -0.2) is 0 Å². The van der Waals surface area contributed by atoms with E-state index < -0.39 is 0 Å². The van der Waals surface area contributed by atoms with Gasteiger partial charge < -0.3 is 4.90 Å². The Bertz CT molecular complexity index is 272. The van der Waals surface area contributed by atoms with Gasteiger partial charge in [-0.15, -0.1) is 0 Å². The molecule has 0 atom stereocenters. The topological polar surface area (TPSA) is 3.24 Å². The van der Waals surface area contributed by atoms with E-state index in [-0.39, 0.29) is 0 Å². The highest BCUT2D eigenvalue weighted by molar-refractivity contribution is 9.09. The predicted molar refractivity (Wildman–Crippen MR) is 55.9 cm³/mol. The van der Waals surface area contributed by atoms with Gasteiger partial charge in [0, 0.05) is 12.2 Å². The molecule has 64 valence electrons. The molecule has 2 rings (SSSR count). The van der Waals surface area contributed by atoms with Crippen LogP contribution < -0.4 is 4.90 Å². The summed E-state index contributed by atoms with van der Waals surface area (Å²) in [6, 6.07) is 8.66. The van der Waals surface area contributed by atoms with E-state index in [4.69, 9.17) is 0 Å². The first kappa shape index (κ1) is 8.11. The number of aryl methyl sites for hydroxylation is 1. The third kappa shape index (κ3) is 1.36.